The molecule has 28 heavy (non-hydrogen) atoms. The minimum atomic E-state index is -3.68. The summed E-state index contributed by atoms with van der Waals surface area (Å²) in [5.74, 6) is -1.47. The van der Waals surface area contributed by atoms with Crippen LogP contribution in [0, 0.1) is 15.9 Å². The fraction of sp³-hybridized carbons (Fsp3) is 0.278. The van der Waals surface area contributed by atoms with Crippen molar-refractivity contribution in [1.82, 2.24) is 4.90 Å². The molecule has 0 aliphatic carbocycles. The molecule has 1 heterocycles. The molecule has 3 rings (SSSR count). The molecule has 1 fully saturated rings. The molecule has 10 heteroatoms. The van der Waals surface area contributed by atoms with Crippen LogP contribution in [-0.4, -0.2) is 43.0 Å². The average molecular weight is 427 g/mol. The summed E-state index contributed by atoms with van der Waals surface area (Å²) in [5.41, 5.74) is -0.282. The van der Waals surface area contributed by atoms with E-state index in [4.69, 9.17) is 11.6 Å². The second kappa shape index (κ2) is 7.84. The monoisotopic (exact) mass is 426 g/mol. The smallest absolute Gasteiger partial charge is 0.288 e. The summed E-state index contributed by atoms with van der Waals surface area (Å²) in [5, 5.41) is 9.88. The van der Waals surface area contributed by atoms with Gasteiger partial charge in [0.1, 0.15) is 10.8 Å². The van der Waals surface area contributed by atoms with Crippen molar-refractivity contribution in [1.29, 1.82) is 0 Å². The highest BCUT2D eigenvalue weighted by Gasteiger charge is 2.34. The van der Waals surface area contributed by atoms with E-state index >= 15 is 0 Å². The normalized spacial score (nSPS) is 19.1. The van der Waals surface area contributed by atoms with Gasteiger partial charge in [-0.05, 0) is 24.6 Å². The molecule has 0 saturated carbocycles. The molecule has 0 radical (unpaired) electrons. The third-order valence-electron chi connectivity index (χ3n) is 4.67. The number of sulfone groups is 1. The lowest BCUT2D eigenvalue weighted by Gasteiger charge is -2.20. The predicted octanol–water partition coefficient (Wildman–Crippen LogP) is 3.39. The van der Waals surface area contributed by atoms with Crippen LogP contribution in [0.1, 0.15) is 27.6 Å². The van der Waals surface area contributed by atoms with E-state index in [2.05, 4.69) is 0 Å². The van der Waals surface area contributed by atoms with Crippen molar-refractivity contribution < 1.29 is 22.5 Å². The summed E-state index contributed by atoms with van der Waals surface area (Å²) in [7, 11) is -3.68. The Balaban J connectivity index is 1.87. The van der Waals surface area contributed by atoms with E-state index in [9.17, 15) is 27.7 Å². The molecule has 1 amide bonds. The van der Waals surface area contributed by atoms with Crippen LogP contribution in [0.5, 0.6) is 0 Å². The molecule has 1 unspecified atom stereocenters. The lowest BCUT2D eigenvalue weighted by Crippen LogP contribution is -2.33. The molecule has 0 bridgehead atoms. The first-order valence-corrected chi connectivity index (χ1v) is 10.5. The van der Waals surface area contributed by atoms with Crippen molar-refractivity contribution in [2.45, 2.75) is 11.7 Å². The van der Waals surface area contributed by atoms with Crippen molar-refractivity contribution in [2.24, 2.45) is 0 Å². The molecule has 0 spiro atoms. The quantitative estimate of drug-likeness (QED) is 0.553. The summed E-state index contributed by atoms with van der Waals surface area (Å²) in [6, 6.07) is 9.34. The van der Waals surface area contributed by atoms with Crippen molar-refractivity contribution >= 4 is 33.0 Å². The third-order valence-corrected chi connectivity index (χ3v) is 7.10. The van der Waals surface area contributed by atoms with E-state index in [0.29, 0.717) is 0 Å². The van der Waals surface area contributed by atoms with Crippen LogP contribution >= 0.6 is 11.6 Å². The van der Waals surface area contributed by atoms with Crippen LogP contribution in [0.15, 0.2) is 42.5 Å². The lowest BCUT2D eigenvalue weighted by molar-refractivity contribution is -0.384. The maximum atomic E-state index is 14.1. The van der Waals surface area contributed by atoms with Gasteiger partial charge in [0.05, 0.1) is 15.9 Å². The molecule has 0 aromatic heterocycles. The van der Waals surface area contributed by atoms with Gasteiger partial charge in [-0.2, -0.15) is 0 Å². The number of carbonyl (C=O) groups excluding carboxylic acids is 1. The van der Waals surface area contributed by atoms with Crippen molar-refractivity contribution in [2.75, 3.05) is 18.8 Å². The van der Waals surface area contributed by atoms with Gasteiger partial charge < -0.3 is 4.90 Å². The van der Waals surface area contributed by atoms with Gasteiger partial charge in [-0.3, -0.25) is 14.9 Å². The minimum absolute atomic E-state index is 0.0324. The summed E-state index contributed by atoms with van der Waals surface area (Å²) < 4.78 is 39.4. The van der Waals surface area contributed by atoms with Crippen molar-refractivity contribution in [3.63, 3.8) is 0 Å². The zero-order valence-electron chi connectivity index (χ0n) is 14.5. The second-order valence-corrected chi connectivity index (χ2v) is 9.09. The first-order chi connectivity index (χ1) is 13.2. The second-order valence-electron chi connectivity index (χ2n) is 6.38. The fourth-order valence-electron chi connectivity index (χ4n) is 3.20. The molecule has 0 N–H and O–H groups in total. The Morgan fingerprint density at radius 2 is 1.93 bits per heavy atom. The zero-order chi connectivity index (χ0) is 20.5. The highest BCUT2D eigenvalue weighted by atomic mass is 35.5. The minimum Gasteiger partial charge on any atom is -0.338 e. The number of hydrogen-bond acceptors (Lipinski definition) is 5. The van der Waals surface area contributed by atoms with Crippen molar-refractivity contribution in [3.8, 4) is 0 Å². The highest BCUT2D eigenvalue weighted by Crippen LogP contribution is 2.32. The molecule has 1 atom stereocenters. The first-order valence-electron chi connectivity index (χ1n) is 8.40. The SMILES string of the molecule is O=C(c1ccc(Cl)c([N+](=O)[O-])c1)N1CCC(c2ccccc2F)S(=O)(=O)CC1. The third kappa shape index (κ3) is 4.00. The maximum absolute atomic E-state index is 14.1. The van der Waals surface area contributed by atoms with Crippen LogP contribution in [0.2, 0.25) is 5.02 Å². The molecular weight excluding hydrogens is 411 g/mol. The van der Waals surface area contributed by atoms with Crippen LogP contribution in [0.25, 0.3) is 0 Å². The molecular formula is C18H16ClFN2O5S. The van der Waals surface area contributed by atoms with E-state index in [1.54, 1.807) is 6.07 Å². The van der Waals surface area contributed by atoms with Crippen LogP contribution in [-0.2, 0) is 9.84 Å². The molecule has 1 saturated heterocycles. The zero-order valence-corrected chi connectivity index (χ0v) is 16.1. The first kappa shape index (κ1) is 20.2. The van der Waals surface area contributed by atoms with Crippen LogP contribution in [0.3, 0.4) is 0 Å². The van der Waals surface area contributed by atoms with Crippen molar-refractivity contribution in [3.05, 3.63) is 74.5 Å². The number of amides is 1. The Morgan fingerprint density at radius 1 is 1.21 bits per heavy atom. The molecule has 1 aliphatic heterocycles. The number of benzene rings is 2. The molecule has 2 aromatic carbocycles. The fourth-order valence-corrected chi connectivity index (χ4v) is 5.19. The van der Waals surface area contributed by atoms with Gasteiger partial charge in [0, 0.05) is 30.3 Å². The van der Waals surface area contributed by atoms with Gasteiger partial charge in [-0.25, -0.2) is 12.8 Å². The van der Waals surface area contributed by atoms with Crippen LogP contribution in [0.4, 0.5) is 10.1 Å². The Morgan fingerprint density at radius 3 is 2.61 bits per heavy atom. The van der Waals surface area contributed by atoms with Gasteiger partial charge in [0.2, 0.25) is 0 Å². The number of nitrogens with zero attached hydrogens (tertiary/aromatic N) is 2. The number of rotatable bonds is 3. The summed E-state index contributed by atoms with van der Waals surface area (Å²) in [6.07, 6.45) is 0.0324. The Bertz CT molecular complexity index is 1040. The Kier molecular flexibility index (Phi) is 5.66. The van der Waals surface area contributed by atoms with E-state index in [1.165, 1.54) is 35.2 Å². The summed E-state index contributed by atoms with van der Waals surface area (Å²) in [6.45, 7) is -0.00394. The summed E-state index contributed by atoms with van der Waals surface area (Å²) in [4.78, 5) is 24.4. The van der Waals surface area contributed by atoms with E-state index in [1.807, 2.05) is 0 Å². The van der Waals surface area contributed by atoms with Gasteiger partial charge in [-0.1, -0.05) is 29.8 Å². The number of carbonyl (C=O) groups is 1. The molecule has 148 valence electrons. The Hall–Kier alpha value is -2.52. The van der Waals surface area contributed by atoms with Gasteiger partial charge in [0.15, 0.2) is 9.84 Å². The number of nitro benzene ring substituents is 1. The summed E-state index contributed by atoms with van der Waals surface area (Å²) >= 11 is 5.77. The standard InChI is InChI=1S/C18H16ClFN2O5S/c19-14-6-5-12(11-16(14)22(24)25)18(23)21-8-7-17(28(26,27)10-9-21)13-3-1-2-4-15(13)20/h1-6,11,17H,7-10H2. The van der Waals surface area contributed by atoms with Crippen LogP contribution < -0.4 is 0 Å². The average Bonchev–Trinajstić information content (AvgIpc) is 2.80. The van der Waals surface area contributed by atoms with E-state index < -0.39 is 37.4 Å². The van der Waals surface area contributed by atoms with Gasteiger partial charge in [-0.15, -0.1) is 0 Å². The predicted molar refractivity (Wildman–Crippen MR) is 102 cm³/mol. The number of nitro groups is 1. The number of halogens is 2. The molecule has 2 aromatic rings. The van der Waals surface area contributed by atoms with E-state index in [-0.39, 0.29) is 41.4 Å². The molecule has 1 aliphatic rings. The maximum Gasteiger partial charge on any atom is 0.288 e. The largest absolute Gasteiger partial charge is 0.338 e. The Labute approximate surface area is 165 Å². The topological polar surface area (TPSA) is 97.6 Å². The number of hydrogen-bond donors (Lipinski definition) is 0. The van der Waals surface area contributed by atoms with Gasteiger partial charge in [0.25, 0.3) is 11.6 Å². The van der Waals surface area contributed by atoms with E-state index in [0.717, 1.165) is 6.07 Å². The van der Waals surface area contributed by atoms with Gasteiger partial charge >= 0.3 is 0 Å². The molecule has 7 nitrogen and oxygen atoms in total. The lowest BCUT2D eigenvalue weighted by atomic mass is 10.1. The highest BCUT2D eigenvalue weighted by molar-refractivity contribution is 7.91.